The summed E-state index contributed by atoms with van der Waals surface area (Å²) in [4.78, 5) is 4.02. The van der Waals surface area contributed by atoms with E-state index in [1.54, 1.807) is 6.20 Å². The molecule has 0 spiro atoms. The number of rotatable bonds is 1. The summed E-state index contributed by atoms with van der Waals surface area (Å²) in [6.45, 7) is 0.572. The molecule has 3 heteroatoms. The summed E-state index contributed by atoms with van der Waals surface area (Å²) in [5, 5.41) is 0. The maximum atomic E-state index is 5.52. The van der Waals surface area contributed by atoms with Crippen LogP contribution in [0.3, 0.4) is 0 Å². The lowest BCUT2D eigenvalue weighted by molar-refractivity contribution is 1.07. The van der Waals surface area contributed by atoms with Gasteiger partial charge in [-0.2, -0.15) is 0 Å². The summed E-state index contributed by atoms with van der Waals surface area (Å²) in [7, 11) is 0. The predicted molar refractivity (Wildman–Crippen MR) is 43.1 cm³/mol. The van der Waals surface area contributed by atoms with E-state index in [9.17, 15) is 0 Å². The Hall–Kier alpha value is -1.35. The molecular formula is C8H9N3. The molecule has 2 rings (SSSR count). The van der Waals surface area contributed by atoms with Crippen LogP contribution in [-0.4, -0.2) is 9.38 Å². The number of fused-ring (bicyclic) bond motifs is 1. The minimum atomic E-state index is 0.572. The van der Waals surface area contributed by atoms with E-state index in [4.69, 9.17) is 5.73 Å². The molecule has 0 aliphatic heterocycles. The molecule has 56 valence electrons. The van der Waals surface area contributed by atoms with Gasteiger partial charge in [-0.3, -0.25) is 4.98 Å². The lowest BCUT2D eigenvalue weighted by atomic mass is 10.3. The number of nitrogens with zero attached hydrogens (tertiary/aromatic N) is 2. The first-order chi connectivity index (χ1) is 5.42. The predicted octanol–water partition coefficient (Wildman–Crippen LogP) is 0.793. The largest absolute Gasteiger partial charge is 0.326 e. The second kappa shape index (κ2) is 2.36. The lowest BCUT2D eigenvalue weighted by Crippen LogP contribution is -1.95. The molecule has 0 atom stereocenters. The third kappa shape index (κ3) is 0.897. The second-order valence-corrected chi connectivity index (χ2v) is 2.41. The Morgan fingerprint density at radius 1 is 1.45 bits per heavy atom. The van der Waals surface area contributed by atoms with Gasteiger partial charge in [0, 0.05) is 25.1 Å². The van der Waals surface area contributed by atoms with Gasteiger partial charge in [0.2, 0.25) is 0 Å². The minimum Gasteiger partial charge on any atom is -0.326 e. The summed E-state index contributed by atoms with van der Waals surface area (Å²) in [6.07, 6.45) is 7.48. The van der Waals surface area contributed by atoms with Crippen LogP contribution >= 0.6 is 0 Å². The average Bonchev–Trinajstić information content (AvgIpc) is 2.47. The summed E-state index contributed by atoms with van der Waals surface area (Å²) >= 11 is 0. The Balaban J connectivity index is 2.76. The molecule has 0 aliphatic carbocycles. The highest BCUT2D eigenvalue weighted by Gasteiger charge is 1.97. The SMILES string of the molecule is NCc1ccn2ccncc12. The van der Waals surface area contributed by atoms with Gasteiger partial charge < -0.3 is 10.1 Å². The van der Waals surface area contributed by atoms with Gasteiger partial charge in [-0.05, 0) is 11.6 Å². The smallest absolute Gasteiger partial charge is 0.0679 e. The van der Waals surface area contributed by atoms with Gasteiger partial charge in [0.25, 0.3) is 0 Å². The van der Waals surface area contributed by atoms with E-state index in [0.29, 0.717) is 6.54 Å². The van der Waals surface area contributed by atoms with Crippen molar-refractivity contribution in [3.8, 4) is 0 Å². The summed E-state index contributed by atoms with van der Waals surface area (Å²) < 4.78 is 2.01. The number of hydrogen-bond acceptors (Lipinski definition) is 2. The van der Waals surface area contributed by atoms with E-state index < -0.39 is 0 Å². The molecule has 3 nitrogen and oxygen atoms in total. The van der Waals surface area contributed by atoms with Crippen molar-refractivity contribution < 1.29 is 0 Å². The molecule has 0 saturated heterocycles. The fourth-order valence-electron chi connectivity index (χ4n) is 1.18. The first kappa shape index (κ1) is 6.37. The van der Waals surface area contributed by atoms with Crippen LogP contribution in [0, 0.1) is 0 Å². The van der Waals surface area contributed by atoms with E-state index in [0.717, 1.165) is 11.1 Å². The van der Waals surface area contributed by atoms with Crippen LogP contribution in [0.2, 0.25) is 0 Å². The summed E-state index contributed by atoms with van der Waals surface area (Å²) in [6, 6.07) is 2.01. The molecule has 0 bridgehead atoms. The van der Waals surface area contributed by atoms with Gasteiger partial charge >= 0.3 is 0 Å². The Labute approximate surface area is 64.5 Å². The normalized spacial score (nSPS) is 10.6. The standard InChI is InChI=1S/C8H9N3/c9-5-7-1-3-11-4-2-10-6-8(7)11/h1-4,6H,5,9H2. The molecule has 0 unspecified atom stereocenters. The molecule has 0 fully saturated rings. The van der Waals surface area contributed by atoms with Crippen molar-refractivity contribution in [3.05, 3.63) is 36.4 Å². The quantitative estimate of drug-likeness (QED) is 0.648. The topological polar surface area (TPSA) is 43.3 Å². The molecule has 2 heterocycles. The van der Waals surface area contributed by atoms with Crippen molar-refractivity contribution in [1.29, 1.82) is 0 Å². The molecular weight excluding hydrogens is 138 g/mol. The Bertz CT molecular complexity index is 364. The number of nitrogens with two attached hydrogens (primary N) is 1. The third-order valence-corrected chi connectivity index (χ3v) is 1.77. The van der Waals surface area contributed by atoms with Crippen molar-refractivity contribution in [2.45, 2.75) is 6.54 Å². The van der Waals surface area contributed by atoms with Crippen LogP contribution in [-0.2, 0) is 6.54 Å². The average molecular weight is 147 g/mol. The van der Waals surface area contributed by atoms with Crippen molar-refractivity contribution in [1.82, 2.24) is 9.38 Å². The van der Waals surface area contributed by atoms with Gasteiger partial charge in [0.05, 0.1) is 11.7 Å². The third-order valence-electron chi connectivity index (χ3n) is 1.77. The maximum absolute atomic E-state index is 5.52. The van der Waals surface area contributed by atoms with Crippen molar-refractivity contribution >= 4 is 5.52 Å². The zero-order chi connectivity index (χ0) is 7.68. The zero-order valence-corrected chi connectivity index (χ0v) is 6.07. The molecule has 2 aromatic rings. The highest BCUT2D eigenvalue weighted by molar-refractivity contribution is 5.53. The number of aromatic nitrogens is 2. The fraction of sp³-hybridized carbons (Fsp3) is 0.125. The van der Waals surface area contributed by atoms with Crippen LogP contribution in [0.1, 0.15) is 5.56 Å². The lowest BCUT2D eigenvalue weighted by Gasteiger charge is -1.93. The molecule has 11 heavy (non-hydrogen) atoms. The van der Waals surface area contributed by atoms with Crippen LogP contribution in [0.25, 0.3) is 5.52 Å². The van der Waals surface area contributed by atoms with Crippen LogP contribution in [0.4, 0.5) is 0 Å². The molecule has 2 N–H and O–H groups in total. The van der Waals surface area contributed by atoms with Gasteiger partial charge in [-0.15, -0.1) is 0 Å². The highest BCUT2D eigenvalue weighted by Crippen LogP contribution is 2.09. The number of hydrogen-bond donors (Lipinski definition) is 1. The van der Waals surface area contributed by atoms with Gasteiger partial charge in [-0.1, -0.05) is 0 Å². The fourth-order valence-corrected chi connectivity index (χ4v) is 1.18. The van der Waals surface area contributed by atoms with E-state index in [-0.39, 0.29) is 0 Å². The van der Waals surface area contributed by atoms with Gasteiger partial charge in [-0.25, -0.2) is 0 Å². The van der Waals surface area contributed by atoms with Crippen LogP contribution < -0.4 is 5.73 Å². The van der Waals surface area contributed by atoms with E-state index in [1.807, 2.05) is 29.1 Å². The van der Waals surface area contributed by atoms with Gasteiger partial charge in [0.15, 0.2) is 0 Å². The van der Waals surface area contributed by atoms with Gasteiger partial charge in [0.1, 0.15) is 0 Å². The Morgan fingerprint density at radius 3 is 3.18 bits per heavy atom. The van der Waals surface area contributed by atoms with Crippen molar-refractivity contribution in [2.75, 3.05) is 0 Å². The molecule has 0 aromatic carbocycles. The van der Waals surface area contributed by atoms with Crippen LogP contribution in [0.15, 0.2) is 30.9 Å². The van der Waals surface area contributed by atoms with E-state index >= 15 is 0 Å². The van der Waals surface area contributed by atoms with E-state index in [1.165, 1.54) is 0 Å². The summed E-state index contributed by atoms with van der Waals surface area (Å²) in [5.41, 5.74) is 7.75. The monoisotopic (exact) mass is 147 g/mol. The van der Waals surface area contributed by atoms with E-state index in [2.05, 4.69) is 4.98 Å². The molecule has 2 aromatic heterocycles. The Kier molecular flexibility index (Phi) is 1.36. The Morgan fingerprint density at radius 2 is 2.36 bits per heavy atom. The molecule has 0 saturated carbocycles. The molecule has 0 radical (unpaired) electrons. The van der Waals surface area contributed by atoms with Crippen LogP contribution in [0.5, 0.6) is 0 Å². The maximum Gasteiger partial charge on any atom is 0.0679 e. The summed E-state index contributed by atoms with van der Waals surface area (Å²) in [5.74, 6) is 0. The molecule has 0 amide bonds. The molecule has 0 aliphatic rings. The second-order valence-electron chi connectivity index (χ2n) is 2.41. The minimum absolute atomic E-state index is 0.572. The zero-order valence-electron chi connectivity index (χ0n) is 6.07. The van der Waals surface area contributed by atoms with Crippen molar-refractivity contribution in [2.24, 2.45) is 5.73 Å². The first-order valence-electron chi connectivity index (χ1n) is 3.51. The first-order valence-corrected chi connectivity index (χ1v) is 3.51. The highest BCUT2D eigenvalue weighted by atomic mass is 14.9. The van der Waals surface area contributed by atoms with Crippen molar-refractivity contribution in [3.63, 3.8) is 0 Å².